The largest absolute Gasteiger partial charge is 0.493 e. The third-order valence-electron chi connectivity index (χ3n) is 5.39. The van der Waals surface area contributed by atoms with Gasteiger partial charge in [-0.05, 0) is 54.4 Å². The summed E-state index contributed by atoms with van der Waals surface area (Å²) in [5.74, 6) is 0.987. The highest BCUT2D eigenvalue weighted by atomic mass is 19.4. The summed E-state index contributed by atoms with van der Waals surface area (Å²) in [7, 11) is 1.51. The fourth-order valence-electron chi connectivity index (χ4n) is 3.59. The van der Waals surface area contributed by atoms with E-state index in [1.165, 1.54) is 31.4 Å². The lowest BCUT2D eigenvalue weighted by molar-refractivity contribution is -0.384. The van der Waals surface area contributed by atoms with Gasteiger partial charge in [0, 0.05) is 17.7 Å². The van der Waals surface area contributed by atoms with Crippen molar-refractivity contribution in [3.05, 3.63) is 88.6 Å². The molecular weight excluding hydrogens is 477 g/mol. The molecule has 0 amide bonds. The van der Waals surface area contributed by atoms with Gasteiger partial charge in [0.05, 0.1) is 30.3 Å². The van der Waals surface area contributed by atoms with Crippen LogP contribution in [0.5, 0.6) is 11.5 Å². The predicted octanol–water partition coefficient (Wildman–Crippen LogP) is 6.02. The Morgan fingerprint density at radius 2 is 1.61 bits per heavy atom. The van der Waals surface area contributed by atoms with E-state index in [0.717, 1.165) is 23.3 Å². The van der Waals surface area contributed by atoms with E-state index in [0.29, 0.717) is 29.3 Å². The van der Waals surface area contributed by atoms with Crippen molar-refractivity contribution in [2.24, 2.45) is 0 Å². The van der Waals surface area contributed by atoms with Gasteiger partial charge in [0.25, 0.3) is 5.69 Å². The maximum absolute atomic E-state index is 12.8. The summed E-state index contributed by atoms with van der Waals surface area (Å²) in [5, 5.41) is 19.0. The minimum Gasteiger partial charge on any atom is -0.493 e. The summed E-state index contributed by atoms with van der Waals surface area (Å²) in [6.45, 7) is 2.17. The maximum Gasteiger partial charge on any atom is 0.416 e. The van der Waals surface area contributed by atoms with Crippen LogP contribution in [0, 0.1) is 10.1 Å². The summed E-state index contributed by atoms with van der Waals surface area (Å²) in [4.78, 5) is 10.4. The number of hydrogen-bond donors (Lipinski definition) is 0. The Bertz CT molecular complexity index is 1350. The van der Waals surface area contributed by atoms with Crippen molar-refractivity contribution in [2.75, 3.05) is 7.11 Å². The molecule has 3 aromatic carbocycles. The fraction of sp³-hybridized carbons (Fsp3) is 0.200. The van der Waals surface area contributed by atoms with Crippen LogP contribution in [0.15, 0.2) is 72.9 Å². The predicted molar refractivity (Wildman–Crippen MR) is 126 cm³/mol. The molecule has 0 aliphatic carbocycles. The zero-order chi connectivity index (χ0) is 25.9. The van der Waals surface area contributed by atoms with Gasteiger partial charge in [-0.2, -0.15) is 13.2 Å². The number of nitro groups is 1. The van der Waals surface area contributed by atoms with Crippen LogP contribution in [0.4, 0.5) is 18.9 Å². The number of halogens is 3. The second kappa shape index (κ2) is 10.1. The number of nitrogens with zero attached hydrogens (tertiary/aromatic N) is 4. The smallest absolute Gasteiger partial charge is 0.416 e. The Hall–Kier alpha value is -4.41. The monoisotopic (exact) mass is 498 g/mol. The molecule has 0 aliphatic rings. The van der Waals surface area contributed by atoms with Crippen LogP contribution in [0.3, 0.4) is 0 Å². The lowest BCUT2D eigenvalue weighted by Crippen LogP contribution is -2.20. The molecule has 0 radical (unpaired) electrons. The topological polar surface area (TPSA) is 92.3 Å². The third kappa shape index (κ3) is 5.62. The van der Waals surface area contributed by atoms with E-state index in [1.807, 2.05) is 13.0 Å². The van der Waals surface area contributed by atoms with Gasteiger partial charge in [-0.3, -0.25) is 10.1 Å². The van der Waals surface area contributed by atoms with Crippen LogP contribution in [0.25, 0.3) is 22.4 Å². The average molecular weight is 498 g/mol. The van der Waals surface area contributed by atoms with E-state index in [-0.39, 0.29) is 11.8 Å². The van der Waals surface area contributed by atoms with Gasteiger partial charge >= 0.3 is 6.18 Å². The number of nitro benzene ring substituents is 1. The normalized spacial score (nSPS) is 12.2. The summed E-state index contributed by atoms with van der Waals surface area (Å²) in [6.07, 6.45) is -3.10. The zero-order valence-electron chi connectivity index (χ0n) is 19.3. The number of non-ortho nitro benzene ring substituents is 1. The molecule has 4 aromatic rings. The molecule has 0 spiro atoms. The molecule has 8 nitrogen and oxygen atoms in total. The SMILES string of the molecule is COc1cc(-c2ccc([N+](=O)[O-])cc2)ccc1O[C@H](C)Cn1cc(-c2ccc(C(F)(F)F)cc2)nn1. The van der Waals surface area contributed by atoms with Gasteiger partial charge in [0.2, 0.25) is 0 Å². The molecule has 1 atom stereocenters. The second-order valence-corrected chi connectivity index (χ2v) is 8.00. The first-order valence-corrected chi connectivity index (χ1v) is 10.8. The first-order valence-electron chi connectivity index (χ1n) is 10.8. The minimum atomic E-state index is -4.40. The van der Waals surface area contributed by atoms with E-state index in [1.54, 1.807) is 35.1 Å². The highest BCUT2D eigenvalue weighted by Crippen LogP contribution is 2.34. The van der Waals surface area contributed by atoms with Crippen molar-refractivity contribution < 1.29 is 27.6 Å². The molecule has 0 saturated carbocycles. The van der Waals surface area contributed by atoms with Crippen LogP contribution < -0.4 is 9.47 Å². The van der Waals surface area contributed by atoms with E-state index >= 15 is 0 Å². The van der Waals surface area contributed by atoms with Gasteiger partial charge in [0.15, 0.2) is 11.5 Å². The molecular formula is C25H21F3N4O4. The van der Waals surface area contributed by atoms with Crippen molar-refractivity contribution in [2.45, 2.75) is 25.7 Å². The molecule has 0 bridgehead atoms. The minimum absolute atomic E-state index is 0.00841. The van der Waals surface area contributed by atoms with Crippen molar-refractivity contribution in [3.8, 4) is 33.9 Å². The highest BCUT2D eigenvalue weighted by Gasteiger charge is 2.30. The Kier molecular flexibility index (Phi) is 6.91. The van der Waals surface area contributed by atoms with Crippen LogP contribution in [0.2, 0.25) is 0 Å². The number of methoxy groups -OCH3 is 1. The number of hydrogen-bond acceptors (Lipinski definition) is 6. The first-order chi connectivity index (χ1) is 17.1. The number of benzene rings is 3. The van der Waals surface area contributed by atoms with Crippen molar-refractivity contribution in [1.29, 1.82) is 0 Å². The zero-order valence-corrected chi connectivity index (χ0v) is 19.3. The molecule has 1 heterocycles. The highest BCUT2D eigenvalue weighted by molar-refractivity contribution is 5.68. The van der Waals surface area contributed by atoms with Crippen LogP contribution in [-0.2, 0) is 12.7 Å². The van der Waals surface area contributed by atoms with Crippen LogP contribution in [0.1, 0.15) is 12.5 Å². The van der Waals surface area contributed by atoms with E-state index in [4.69, 9.17) is 9.47 Å². The fourth-order valence-corrected chi connectivity index (χ4v) is 3.59. The number of aromatic nitrogens is 3. The molecule has 0 fully saturated rings. The quantitative estimate of drug-likeness (QED) is 0.218. The van der Waals surface area contributed by atoms with E-state index in [2.05, 4.69) is 10.3 Å². The number of alkyl halides is 3. The van der Waals surface area contributed by atoms with E-state index in [9.17, 15) is 23.3 Å². The lowest BCUT2D eigenvalue weighted by Gasteiger charge is -2.17. The second-order valence-electron chi connectivity index (χ2n) is 8.00. The summed E-state index contributed by atoms with van der Waals surface area (Å²) in [5.41, 5.74) is 1.84. The van der Waals surface area contributed by atoms with Crippen molar-refractivity contribution in [3.63, 3.8) is 0 Å². The van der Waals surface area contributed by atoms with Gasteiger partial charge in [-0.15, -0.1) is 5.10 Å². The average Bonchev–Trinajstić information content (AvgIpc) is 3.32. The van der Waals surface area contributed by atoms with E-state index < -0.39 is 16.7 Å². The van der Waals surface area contributed by atoms with Gasteiger partial charge < -0.3 is 9.47 Å². The molecule has 36 heavy (non-hydrogen) atoms. The molecule has 0 N–H and O–H groups in total. The molecule has 0 saturated heterocycles. The standard InChI is InChI=1S/C25H21F3N4O4/c1-16(14-31-15-22(29-30-31)18-3-8-20(9-4-18)25(26,27)28)36-23-12-7-19(13-24(23)35-2)17-5-10-21(11-6-17)32(33)34/h3-13,15-16H,14H2,1-2H3/t16-/m1/s1. The molecule has 1 aromatic heterocycles. The summed E-state index contributed by atoms with van der Waals surface area (Å²) in [6, 6.07) is 16.3. The Morgan fingerprint density at radius 1 is 0.972 bits per heavy atom. The molecule has 11 heteroatoms. The van der Waals surface area contributed by atoms with Gasteiger partial charge in [-0.1, -0.05) is 23.4 Å². The third-order valence-corrected chi connectivity index (χ3v) is 5.39. The Labute approximate surface area is 204 Å². The van der Waals surface area contributed by atoms with Crippen LogP contribution in [-0.4, -0.2) is 33.1 Å². The summed E-state index contributed by atoms with van der Waals surface area (Å²) >= 11 is 0. The summed E-state index contributed by atoms with van der Waals surface area (Å²) < 4.78 is 51.4. The van der Waals surface area contributed by atoms with Crippen molar-refractivity contribution in [1.82, 2.24) is 15.0 Å². The molecule has 186 valence electrons. The number of rotatable bonds is 8. The van der Waals surface area contributed by atoms with Crippen LogP contribution >= 0.6 is 0 Å². The molecule has 0 aliphatic heterocycles. The van der Waals surface area contributed by atoms with Gasteiger partial charge in [-0.25, -0.2) is 4.68 Å². The van der Waals surface area contributed by atoms with Gasteiger partial charge in [0.1, 0.15) is 11.8 Å². The molecule has 4 rings (SSSR count). The van der Waals surface area contributed by atoms with Crippen molar-refractivity contribution >= 4 is 5.69 Å². The number of ether oxygens (including phenoxy) is 2. The Morgan fingerprint density at radius 3 is 2.22 bits per heavy atom. The first kappa shape index (κ1) is 24.7. The Balaban J connectivity index is 1.43. The lowest BCUT2D eigenvalue weighted by atomic mass is 10.0. The molecule has 0 unspecified atom stereocenters. The maximum atomic E-state index is 12.8.